The van der Waals surface area contributed by atoms with Crippen molar-refractivity contribution in [1.82, 2.24) is 4.98 Å². The van der Waals surface area contributed by atoms with Gasteiger partial charge in [-0.25, -0.2) is 0 Å². The number of pyridine rings is 1. The van der Waals surface area contributed by atoms with Crippen LogP contribution in [-0.2, 0) is 0 Å². The molecule has 0 aliphatic carbocycles. The first-order valence-electron chi connectivity index (χ1n) is 4.31. The lowest BCUT2D eigenvalue weighted by Gasteiger charge is -2.03. The average Bonchev–Trinajstić information content (AvgIpc) is 2.27. The van der Waals surface area contributed by atoms with Gasteiger partial charge in [-0.15, -0.1) is 0 Å². The maximum absolute atomic E-state index is 5.13. The Hall–Kier alpha value is -1.77. The van der Waals surface area contributed by atoms with Gasteiger partial charge >= 0.3 is 0 Å². The molecule has 2 aromatic rings. The Morgan fingerprint density at radius 2 is 1.71 bits per heavy atom. The predicted octanol–water partition coefficient (Wildman–Crippen LogP) is 2.25. The minimum atomic E-state index is 0.755. The normalized spacial score (nSPS) is 10.1. The van der Waals surface area contributed by atoms with Crippen LogP contribution in [0.25, 0.3) is 10.9 Å². The smallest absolute Gasteiger partial charge is 0.137 e. The zero-order valence-corrected chi connectivity index (χ0v) is 8.15. The van der Waals surface area contributed by atoms with E-state index in [2.05, 4.69) is 4.98 Å². The number of fused-ring (bicyclic) bond motifs is 1. The lowest BCUT2D eigenvalue weighted by molar-refractivity contribution is 0.412. The summed E-state index contributed by atoms with van der Waals surface area (Å²) in [6.07, 6.45) is 1.70. The number of rotatable bonds is 2. The second-order valence-electron chi connectivity index (χ2n) is 2.93. The third kappa shape index (κ3) is 1.48. The minimum absolute atomic E-state index is 0.755. The maximum atomic E-state index is 5.13. The second-order valence-corrected chi connectivity index (χ2v) is 2.93. The lowest BCUT2D eigenvalue weighted by Crippen LogP contribution is -1.87. The van der Waals surface area contributed by atoms with Crippen LogP contribution in [0.3, 0.4) is 0 Å². The molecule has 0 saturated carbocycles. The molecule has 1 aromatic carbocycles. The van der Waals surface area contributed by atoms with E-state index in [4.69, 9.17) is 9.47 Å². The number of hydrogen-bond donors (Lipinski definition) is 0. The van der Waals surface area contributed by atoms with Crippen molar-refractivity contribution < 1.29 is 9.47 Å². The Bertz CT molecular complexity index is 415. The van der Waals surface area contributed by atoms with Crippen LogP contribution in [-0.4, -0.2) is 19.2 Å². The summed E-state index contributed by atoms with van der Waals surface area (Å²) in [6, 6.07) is 7.69. The standard InChI is InChI=1S/C11H11NO2/c1-13-9-3-4-11-8(5-9)6-10(14-2)7-12-11/h3-7H,1-2H3. The number of aromatic nitrogens is 1. The fraction of sp³-hybridized carbons (Fsp3) is 0.182. The molecular formula is C11H11NO2. The third-order valence-electron chi connectivity index (χ3n) is 2.10. The van der Waals surface area contributed by atoms with E-state index in [1.165, 1.54) is 0 Å². The molecule has 1 heterocycles. The van der Waals surface area contributed by atoms with Crippen LogP contribution in [0.4, 0.5) is 0 Å². The molecule has 3 heteroatoms. The average molecular weight is 189 g/mol. The highest BCUT2D eigenvalue weighted by Crippen LogP contribution is 2.22. The zero-order chi connectivity index (χ0) is 9.97. The van der Waals surface area contributed by atoms with E-state index in [9.17, 15) is 0 Å². The topological polar surface area (TPSA) is 31.4 Å². The van der Waals surface area contributed by atoms with Gasteiger partial charge in [-0.1, -0.05) is 0 Å². The van der Waals surface area contributed by atoms with Gasteiger partial charge in [-0.05, 0) is 24.3 Å². The van der Waals surface area contributed by atoms with Gasteiger partial charge in [0, 0.05) is 5.39 Å². The first-order valence-corrected chi connectivity index (χ1v) is 4.31. The molecule has 0 spiro atoms. The summed E-state index contributed by atoms with van der Waals surface area (Å²) in [5.74, 6) is 1.58. The van der Waals surface area contributed by atoms with Crippen molar-refractivity contribution >= 4 is 10.9 Å². The Morgan fingerprint density at radius 1 is 1.00 bits per heavy atom. The van der Waals surface area contributed by atoms with Crippen LogP contribution < -0.4 is 9.47 Å². The highest BCUT2D eigenvalue weighted by Gasteiger charge is 1.99. The fourth-order valence-electron chi connectivity index (χ4n) is 1.33. The molecule has 0 aliphatic heterocycles. The largest absolute Gasteiger partial charge is 0.497 e. The van der Waals surface area contributed by atoms with Crippen LogP contribution in [0.5, 0.6) is 11.5 Å². The van der Waals surface area contributed by atoms with Crippen molar-refractivity contribution in [2.45, 2.75) is 0 Å². The lowest BCUT2D eigenvalue weighted by atomic mass is 10.2. The van der Waals surface area contributed by atoms with Gasteiger partial charge in [0.2, 0.25) is 0 Å². The molecule has 2 rings (SSSR count). The van der Waals surface area contributed by atoms with Gasteiger partial charge in [0.05, 0.1) is 25.9 Å². The fourth-order valence-corrected chi connectivity index (χ4v) is 1.33. The van der Waals surface area contributed by atoms with Gasteiger partial charge in [-0.2, -0.15) is 0 Å². The molecule has 0 amide bonds. The van der Waals surface area contributed by atoms with Crippen molar-refractivity contribution in [3.63, 3.8) is 0 Å². The molecule has 0 bridgehead atoms. The highest BCUT2D eigenvalue weighted by atomic mass is 16.5. The van der Waals surface area contributed by atoms with E-state index in [0.29, 0.717) is 0 Å². The number of ether oxygens (including phenoxy) is 2. The molecule has 0 unspecified atom stereocenters. The Labute approximate surface area is 82.3 Å². The van der Waals surface area contributed by atoms with E-state index in [0.717, 1.165) is 22.4 Å². The molecule has 0 N–H and O–H groups in total. The van der Waals surface area contributed by atoms with E-state index in [-0.39, 0.29) is 0 Å². The van der Waals surface area contributed by atoms with E-state index < -0.39 is 0 Å². The SMILES string of the molecule is COc1ccc2ncc(OC)cc2c1. The third-order valence-corrected chi connectivity index (χ3v) is 2.10. The van der Waals surface area contributed by atoms with Crippen LogP contribution >= 0.6 is 0 Å². The Morgan fingerprint density at radius 3 is 2.43 bits per heavy atom. The summed E-state index contributed by atoms with van der Waals surface area (Å²) in [4.78, 5) is 4.25. The Kier molecular flexibility index (Phi) is 2.23. The number of hydrogen-bond acceptors (Lipinski definition) is 3. The number of methoxy groups -OCH3 is 2. The molecule has 0 saturated heterocycles. The summed E-state index contributed by atoms with van der Waals surface area (Å²) in [5, 5.41) is 1.02. The van der Waals surface area contributed by atoms with Crippen LogP contribution in [0.1, 0.15) is 0 Å². The van der Waals surface area contributed by atoms with Crippen molar-refractivity contribution in [2.24, 2.45) is 0 Å². The van der Waals surface area contributed by atoms with E-state index >= 15 is 0 Å². The van der Waals surface area contributed by atoms with Crippen LogP contribution in [0.2, 0.25) is 0 Å². The van der Waals surface area contributed by atoms with Crippen molar-refractivity contribution in [2.75, 3.05) is 14.2 Å². The van der Waals surface area contributed by atoms with Gasteiger partial charge in [0.25, 0.3) is 0 Å². The summed E-state index contributed by atoms with van der Waals surface area (Å²) in [7, 11) is 3.28. The summed E-state index contributed by atoms with van der Waals surface area (Å²) >= 11 is 0. The van der Waals surface area contributed by atoms with Crippen molar-refractivity contribution in [3.8, 4) is 11.5 Å². The van der Waals surface area contributed by atoms with Crippen molar-refractivity contribution in [1.29, 1.82) is 0 Å². The summed E-state index contributed by atoms with van der Waals surface area (Å²) < 4.78 is 10.2. The summed E-state index contributed by atoms with van der Waals surface area (Å²) in [5.41, 5.74) is 0.937. The molecular weight excluding hydrogens is 178 g/mol. The molecule has 72 valence electrons. The minimum Gasteiger partial charge on any atom is -0.497 e. The molecule has 0 fully saturated rings. The molecule has 14 heavy (non-hydrogen) atoms. The van der Waals surface area contributed by atoms with Crippen molar-refractivity contribution in [3.05, 3.63) is 30.5 Å². The molecule has 0 radical (unpaired) electrons. The first-order chi connectivity index (χ1) is 6.83. The maximum Gasteiger partial charge on any atom is 0.137 e. The first kappa shape index (κ1) is 8.81. The van der Waals surface area contributed by atoms with Gasteiger partial charge in [-0.3, -0.25) is 4.98 Å². The monoisotopic (exact) mass is 189 g/mol. The molecule has 0 aliphatic rings. The van der Waals surface area contributed by atoms with Crippen LogP contribution in [0, 0.1) is 0 Å². The van der Waals surface area contributed by atoms with E-state index in [1.54, 1.807) is 20.4 Å². The molecule has 3 nitrogen and oxygen atoms in total. The van der Waals surface area contributed by atoms with Gasteiger partial charge in [0.1, 0.15) is 11.5 Å². The van der Waals surface area contributed by atoms with Crippen LogP contribution in [0.15, 0.2) is 30.5 Å². The summed E-state index contributed by atoms with van der Waals surface area (Å²) in [6.45, 7) is 0. The van der Waals surface area contributed by atoms with Gasteiger partial charge < -0.3 is 9.47 Å². The molecule has 0 atom stereocenters. The highest BCUT2D eigenvalue weighted by molar-refractivity contribution is 5.81. The number of benzene rings is 1. The zero-order valence-electron chi connectivity index (χ0n) is 8.15. The van der Waals surface area contributed by atoms with E-state index in [1.807, 2.05) is 24.3 Å². The predicted molar refractivity (Wildman–Crippen MR) is 54.8 cm³/mol. The quantitative estimate of drug-likeness (QED) is 0.726. The molecule has 1 aromatic heterocycles. The second kappa shape index (κ2) is 3.54. The number of nitrogens with zero attached hydrogens (tertiary/aromatic N) is 1. The van der Waals surface area contributed by atoms with Gasteiger partial charge in [0.15, 0.2) is 0 Å². The Balaban J connectivity index is 2.60.